The highest BCUT2D eigenvalue weighted by atomic mass is 19.1. The molecule has 0 saturated heterocycles. The number of hydrogen-bond acceptors (Lipinski definition) is 1. The van der Waals surface area contributed by atoms with E-state index in [1.807, 2.05) is 0 Å². The fraction of sp³-hybridized carbons (Fsp3) is 0. The van der Waals surface area contributed by atoms with Crippen molar-refractivity contribution >= 4 is 0 Å². The molecular weight excluding hydrogens is 141 g/mol. The minimum Gasteiger partial charge on any atom is -0.207 e. The number of halogens is 1. The Kier molecular flexibility index (Phi) is 1.90. The summed E-state index contributed by atoms with van der Waals surface area (Å²) in [4.78, 5) is 0. The van der Waals surface area contributed by atoms with Crippen LogP contribution in [0.2, 0.25) is 0 Å². The summed E-state index contributed by atoms with van der Waals surface area (Å²) in [6.45, 7) is 0. The first kappa shape index (κ1) is 7.31. The molecule has 11 heavy (non-hydrogen) atoms. The molecule has 0 fully saturated rings. The standard InChI is InChI=1S/C9H4FN/c1-2-7-3-8(6-11)5-9(10)4-7/h1,3-5H. The van der Waals surface area contributed by atoms with Gasteiger partial charge in [-0.05, 0) is 18.2 Å². The summed E-state index contributed by atoms with van der Waals surface area (Å²) >= 11 is 0. The van der Waals surface area contributed by atoms with E-state index in [-0.39, 0.29) is 5.56 Å². The normalized spacial score (nSPS) is 8.27. The third kappa shape index (κ3) is 1.56. The van der Waals surface area contributed by atoms with E-state index in [4.69, 9.17) is 11.7 Å². The first-order chi connectivity index (χ1) is 5.26. The van der Waals surface area contributed by atoms with Gasteiger partial charge in [-0.3, -0.25) is 0 Å². The van der Waals surface area contributed by atoms with Gasteiger partial charge in [-0.2, -0.15) is 5.26 Å². The lowest BCUT2D eigenvalue weighted by Crippen LogP contribution is -1.82. The average Bonchev–Trinajstić information content (AvgIpc) is 2.03. The number of benzene rings is 1. The summed E-state index contributed by atoms with van der Waals surface area (Å²) in [6.07, 6.45) is 5.02. The van der Waals surface area contributed by atoms with Crippen molar-refractivity contribution in [2.24, 2.45) is 0 Å². The Morgan fingerprint density at radius 1 is 1.27 bits per heavy atom. The van der Waals surface area contributed by atoms with Crippen molar-refractivity contribution in [2.75, 3.05) is 0 Å². The highest BCUT2D eigenvalue weighted by molar-refractivity contribution is 5.40. The zero-order chi connectivity index (χ0) is 8.27. The molecule has 2 heteroatoms. The lowest BCUT2D eigenvalue weighted by atomic mass is 10.1. The predicted octanol–water partition coefficient (Wildman–Crippen LogP) is 1.68. The van der Waals surface area contributed by atoms with Crippen molar-refractivity contribution in [3.63, 3.8) is 0 Å². The highest BCUT2D eigenvalue weighted by Gasteiger charge is 1.96. The zero-order valence-corrected chi connectivity index (χ0v) is 5.63. The van der Waals surface area contributed by atoms with Crippen LogP contribution in [-0.2, 0) is 0 Å². The molecule has 0 spiro atoms. The lowest BCUT2D eigenvalue weighted by Gasteiger charge is -1.91. The molecule has 1 aromatic rings. The fourth-order valence-electron chi connectivity index (χ4n) is 0.738. The molecule has 0 N–H and O–H groups in total. The van der Waals surface area contributed by atoms with Crippen LogP contribution in [0.15, 0.2) is 18.2 Å². The minimum atomic E-state index is -0.475. The van der Waals surface area contributed by atoms with Gasteiger partial charge in [0, 0.05) is 5.56 Å². The Morgan fingerprint density at radius 2 is 1.91 bits per heavy atom. The van der Waals surface area contributed by atoms with E-state index in [9.17, 15) is 4.39 Å². The van der Waals surface area contributed by atoms with Crippen LogP contribution in [0.4, 0.5) is 4.39 Å². The molecule has 0 aliphatic heterocycles. The van der Waals surface area contributed by atoms with Gasteiger partial charge in [0.2, 0.25) is 0 Å². The van der Waals surface area contributed by atoms with Crippen LogP contribution in [0.5, 0.6) is 0 Å². The van der Waals surface area contributed by atoms with Crippen molar-refractivity contribution in [3.8, 4) is 18.4 Å². The zero-order valence-electron chi connectivity index (χ0n) is 5.63. The van der Waals surface area contributed by atoms with E-state index in [1.165, 1.54) is 12.1 Å². The molecule has 1 rings (SSSR count). The molecule has 1 aromatic carbocycles. The molecule has 0 amide bonds. The smallest absolute Gasteiger partial charge is 0.125 e. The Morgan fingerprint density at radius 3 is 2.45 bits per heavy atom. The fourth-order valence-corrected chi connectivity index (χ4v) is 0.738. The molecule has 0 radical (unpaired) electrons. The molecule has 0 atom stereocenters. The molecular formula is C9H4FN. The second-order valence-electron chi connectivity index (χ2n) is 1.98. The largest absolute Gasteiger partial charge is 0.207 e. The maximum Gasteiger partial charge on any atom is 0.125 e. The number of nitrogens with zero attached hydrogens (tertiary/aromatic N) is 1. The molecule has 1 nitrogen and oxygen atoms in total. The number of hydrogen-bond donors (Lipinski definition) is 0. The topological polar surface area (TPSA) is 23.8 Å². The predicted molar refractivity (Wildman–Crippen MR) is 39.1 cm³/mol. The molecule has 0 heterocycles. The molecule has 0 bridgehead atoms. The molecule has 0 unspecified atom stereocenters. The van der Waals surface area contributed by atoms with Crippen LogP contribution in [0.3, 0.4) is 0 Å². The van der Waals surface area contributed by atoms with Crippen LogP contribution < -0.4 is 0 Å². The maximum atomic E-state index is 12.6. The van der Waals surface area contributed by atoms with Gasteiger partial charge < -0.3 is 0 Å². The monoisotopic (exact) mass is 145 g/mol. The second-order valence-corrected chi connectivity index (χ2v) is 1.98. The van der Waals surface area contributed by atoms with E-state index in [0.717, 1.165) is 6.07 Å². The van der Waals surface area contributed by atoms with Gasteiger partial charge in [0.15, 0.2) is 0 Å². The van der Waals surface area contributed by atoms with Gasteiger partial charge in [-0.25, -0.2) is 4.39 Å². The third-order valence-electron chi connectivity index (χ3n) is 1.19. The van der Waals surface area contributed by atoms with E-state index < -0.39 is 5.82 Å². The molecule has 0 aliphatic rings. The number of terminal acetylenes is 1. The van der Waals surface area contributed by atoms with E-state index >= 15 is 0 Å². The lowest BCUT2D eigenvalue weighted by molar-refractivity contribution is 0.627. The van der Waals surface area contributed by atoms with Crippen LogP contribution in [0.25, 0.3) is 0 Å². The van der Waals surface area contributed by atoms with Gasteiger partial charge in [0.05, 0.1) is 11.6 Å². The second kappa shape index (κ2) is 2.86. The van der Waals surface area contributed by atoms with Gasteiger partial charge >= 0.3 is 0 Å². The van der Waals surface area contributed by atoms with Crippen molar-refractivity contribution < 1.29 is 4.39 Å². The van der Waals surface area contributed by atoms with Crippen molar-refractivity contribution in [1.29, 1.82) is 5.26 Å². The van der Waals surface area contributed by atoms with Crippen LogP contribution in [0.1, 0.15) is 11.1 Å². The summed E-state index contributed by atoms with van der Waals surface area (Å²) in [5.74, 6) is 1.78. The summed E-state index contributed by atoms with van der Waals surface area (Å²) in [7, 11) is 0. The number of nitriles is 1. The first-order valence-electron chi connectivity index (χ1n) is 2.93. The third-order valence-corrected chi connectivity index (χ3v) is 1.19. The molecule has 0 aromatic heterocycles. The van der Waals surface area contributed by atoms with E-state index in [1.54, 1.807) is 6.07 Å². The van der Waals surface area contributed by atoms with Crippen molar-refractivity contribution in [2.45, 2.75) is 0 Å². The Balaban J connectivity index is 3.28. The van der Waals surface area contributed by atoms with Crippen LogP contribution in [0, 0.1) is 29.5 Å². The summed E-state index contributed by atoms with van der Waals surface area (Å²) in [5, 5.41) is 8.40. The Hall–Kier alpha value is -1.80. The molecule has 0 saturated carbocycles. The Labute approximate surface area is 64.1 Å². The Bertz CT molecular complexity index is 323. The van der Waals surface area contributed by atoms with Crippen molar-refractivity contribution in [3.05, 3.63) is 35.1 Å². The van der Waals surface area contributed by atoms with E-state index in [2.05, 4.69) is 5.92 Å². The average molecular weight is 145 g/mol. The summed E-state index contributed by atoms with van der Waals surface area (Å²) < 4.78 is 12.6. The maximum absolute atomic E-state index is 12.6. The summed E-state index contributed by atoms with van der Waals surface area (Å²) in [5.41, 5.74) is 0.638. The van der Waals surface area contributed by atoms with Gasteiger partial charge in [0.25, 0.3) is 0 Å². The molecule has 0 aliphatic carbocycles. The summed E-state index contributed by atoms with van der Waals surface area (Å²) in [6, 6.07) is 5.62. The van der Waals surface area contributed by atoms with Crippen molar-refractivity contribution in [1.82, 2.24) is 0 Å². The quantitative estimate of drug-likeness (QED) is 0.509. The highest BCUT2D eigenvalue weighted by Crippen LogP contribution is 2.06. The van der Waals surface area contributed by atoms with Gasteiger partial charge in [-0.1, -0.05) is 5.92 Å². The minimum absolute atomic E-state index is 0.248. The number of rotatable bonds is 0. The van der Waals surface area contributed by atoms with Gasteiger partial charge in [-0.15, -0.1) is 6.42 Å². The molecule has 52 valence electrons. The van der Waals surface area contributed by atoms with Crippen LogP contribution in [-0.4, -0.2) is 0 Å². The van der Waals surface area contributed by atoms with Gasteiger partial charge in [0.1, 0.15) is 5.82 Å². The van der Waals surface area contributed by atoms with Crippen LogP contribution >= 0.6 is 0 Å². The SMILES string of the molecule is C#Cc1cc(F)cc(C#N)c1. The van der Waals surface area contributed by atoms with E-state index in [0.29, 0.717) is 5.56 Å². The first-order valence-corrected chi connectivity index (χ1v) is 2.93.